The van der Waals surface area contributed by atoms with Gasteiger partial charge in [0, 0.05) is 12.2 Å². The highest BCUT2D eigenvalue weighted by atomic mass is 32.1. The topological polar surface area (TPSA) is 73.0 Å². The zero-order valence-corrected chi connectivity index (χ0v) is 14.7. The zero-order valence-electron chi connectivity index (χ0n) is 13.9. The fourth-order valence-electron chi connectivity index (χ4n) is 3.24. The van der Waals surface area contributed by atoms with Gasteiger partial charge in [-0.25, -0.2) is 0 Å². The van der Waals surface area contributed by atoms with Gasteiger partial charge >= 0.3 is 0 Å². The molecule has 0 saturated heterocycles. The molecular formula is C18H20N4O2S. The van der Waals surface area contributed by atoms with Gasteiger partial charge in [0.15, 0.2) is 5.82 Å². The van der Waals surface area contributed by atoms with Crippen LogP contribution < -0.4 is 5.32 Å². The molecule has 1 aliphatic carbocycles. The van der Waals surface area contributed by atoms with E-state index in [9.17, 15) is 4.79 Å². The summed E-state index contributed by atoms with van der Waals surface area (Å²) in [5.74, 6) is 1.05. The van der Waals surface area contributed by atoms with Crippen molar-refractivity contribution >= 4 is 17.2 Å². The van der Waals surface area contributed by atoms with Crippen LogP contribution in [0, 0.1) is 0 Å². The molecule has 6 nitrogen and oxygen atoms in total. The van der Waals surface area contributed by atoms with Crippen molar-refractivity contribution in [3.8, 4) is 10.8 Å². The van der Waals surface area contributed by atoms with Crippen molar-refractivity contribution in [2.24, 2.45) is 0 Å². The highest BCUT2D eigenvalue weighted by molar-refractivity contribution is 7.13. The van der Waals surface area contributed by atoms with Crippen LogP contribution in [0.4, 0.5) is 0 Å². The van der Waals surface area contributed by atoms with E-state index in [0.29, 0.717) is 30.0 Å². The molecule has 4 rings (SSSR count). The maximum Gasteiger partial charge on any atom is 0.268 e. The molecule has 0 aliphatic heterocycles. The van der Waals surface area contributed by atoms with Gasteiger partial charge in [0.05, 0.1) is 11.4 Å². The lowest BCUT2D eigenvalue weighted by Crippen LogP contribution is -2.37. The van der Waals surface area contributed by atoms with E-state index in [1.165, 1.54) is 19.3 Å². The SMILES string of the molecule is O=C(NC1CCCCC1)c1cccn1Cc1noc(-c2cccs2)n1. The smallest absolute Gasteiger partial charge is 0.268 e. The van der Waals surface area contributed by atoms with Gasteiger partial charge < -0.3 is 14.4 Å². The summed E-state index contributed by atoms with van der Waals surface area (Å²) >= 11 is 1.56. The van der Waals surface area contributed by atoms with Gasteiger partial charge in [-0.1, -0.05) is 30.5 Å². The van der Waals surface area contributed by atoms with Crippen LogP contribution in [0.2, 0.25) is 0 Å². The molecule has 3 heterocycles. The van der Waals surface area contributed by atoms with E-state index in [1.54, 1.807) is 11.3 Å². The molecule has 1 amide bonds. The van der Waals surface area contributed by atoms with Gasteiger partial charge in [-0.15, -0.1) is 11.3 Å². The average molecular weight is 356 g/mol. The Bertz CT molecular complexity index is 831. The van der Waals surface area contributed by atoms with Crippen molar-refractivity contribution in [2.75, 3.05) is 0 Å². The van der Waals surface area contributed by atoms with E-state index >= 15 is 0 Å². The summed E-state index contributed by atoms with van der Waals surface area (Å²) in [6, 6.07) is 7.89. The molecule has 1 N–H and O–H groups in total. The van der Waals surface area contributed by atoms with E-state index in [-0.39, 0.29) is 5.91 Å². The first-order chi connectivity index (χ1) is 12.3. The van der Waals surface area contributed by atoms with Gasteiger partial charge in [0.2, 0.25) is 0 Å². The van der Waals surface area contributed by atoms with Crippen LogP contribution in [0.1, 0.15) is 48.4 Å². The van der Waals surface area contributed by atoms with Crippen LogP contribution in [0.15, 0.2) is 40.4 Å². The third-order valence-corrected chi connectivity index (χ3v) is 5.37. The lowest BCUT2D eigenvalue weighted by atomic mass is 9.95. The van der Waals surface area contributed by atoms with Gasteiger partial charge in [-0.05, 0) is 36.4 Å². The first kappa shape index (κ1) is 16.1. The molecule has 0 bridgehead atoms. The average Bonchev–Trinajstić information content (AvgIpc) is 3.37. The number of rotatable bonds is 5. The van der Waals surface area contributed by atoms with Crippen LogP contribution in [0.3, 0.4) is 0 Å². The lowest BCUT2D eigenvalue weighted by Gasteiger charge is -2.22. The summed E-state index contributed by atoms with van der Waals surface area (Å²) < 4.78 is 7.18. The molecule has 0 atom stereocenters. The number of thiophene rings is 1. The van der Waals surface area contributed by atoms with Crippen LogP contribution >= 0.6 is 11.3 Å². The number of aromatic nitrogens is 3. The maximum absolute atomic E-state index is 12.6. The third-order valence-electron chi connectivity index (χ3n) is 4.51. The first-order valence-corrected chi connectivity index (χ1v) is 9.50. The molecule has 1 saturated carbocycles. The second kappa shape index (κ2) is 7.23. The molecule has 130 valence electrons. The van der Waals surface area contributed by atoms with Gasteiger partial charge in [0.25, 0.3) is 11.8 Å². The summed E-state index contributed by atoms with van der Waals surface area (Å²) in [6.07, 6.45) is 7.67. The Morgan fingerprint density at radius 1 is 1.28 bits per heavy atom. The quantitative estimate of drug-likeness (QED) is 0.756. The van der Waals surface area contributed by atoms with Gasteiger partial charge in [-0.2, -0.15) is 4.98 Å². The molecule has 0 unspecified atom stereocenters. The molecule has 1 fully saturated rings. The van der Waals surface area contributed by atoms with E-state index in [4.69, 9.17) is 4.52 Å². The molecule has 0 spiro atoms. The molecule has 0 aromatic carbocycles. The Morgan fingerprint density at radius 2 is 2.16 bits per heavy atom. The van der Waals surface area contributed by atoms with Gasteiger partial charge in [0.1, 0.15) is 5.69 Å². The Hall–Kier alpha value is -2.41. The number of amides is 1. The number of carbonyl (C=O) groups excluding carboxylic acids is 1. The molecular weight excluding hydrogens is 336 g/mol. The number of nitrogens with zero attached hydrogens (tertiary/aromatic N) is 3. The molecule has 7 heteroatoms. The molecule has 0 radical (unpaired) electrons. The second-order valence-electron chi connectivity index (χ2n) is 6.32. The minimum absolute atomic E-state index is 0.0288. The summed E-state index contributed by atoms with van der Waals surface area (Å²) in [6.45, 7) is 0.412. The number of hydrogen-bond donors (Lipinski definition) is 1. The summed E-state index contributed by atoms with van der Waals surface area (Å²) in [4.78, 5) is 18.0. The lowest BCUT2D eigenvalue weighted by molar-refractivity contribution is 0.0918. The predicted octanol–water partition coefficient (Wildman–Crippen LogP) is 3.71. The second-order valence-corrected chi connectivity index (χ2v) is 7.27. The summed E-state index contributed by atoms with van der Waals surface area (Å²) in [5.41, 5.74) is 0.632. The van der Waals surface area contributed by atoms with Crippen LogP contribution in [-0.4, -0.2) is 26.7 Å². The fourth-order valence-corrected chi connectivity index (χ4v) is 3.88. The van der Waals surface area contributed by atoms with Gasteiger partial charge in [-0.3, -0.25) is 4.79 Å². The first-order valence-electron chi connectivity index (χ1n) is 8.62. The Labute approximate surface area is 149 Å². The third kappa shape index (κ3) is 3.66. The largest absolute Gasteiger partial charge is 0.348 e. The Kier molecular flexibility index (Phi) is 4.65. The normalized spacial score (nSPS) is 15.4. The molecule has 3 aromatic rings. The highest BCUT2D eigenvalue weighted by Gasteiger charge is 2.19. The van der Waals surface area contributed by atoms with Crippen molar-refractivity contribution in [3.05, 3.63) is 47.4 Å². The predicted molar refractivity (Wildman–Crippen MR) is 95.5 cm³/mol. The maximum atomic E-state index is 12.6. The number of hydrogen-bond acceptors (Lipinski definition) is 5. The van der Waals surface area contributed by atoms with Crippen molar-refractivity contribution in [1.82, 2.24) is 20.0 Å². The zero-order chi connectivity index (χ0) is 17.1. The molecule has 25 heavy (non-hydrogen) atoms. The van der Waals surface area contributed by atoms with E-state index < -0.39 is 0 Å². The summed E-state index contributed by atoms with van der Waals surface area (Å²) in [5, 5.41) is 9.15. The number of carbonyl (C=O) groups is 1. The monoisotopic (exact) mass is 356 g/mol. The Morgan fingerprint density at radius 3 is 2.96 bits per heavy atom. The highest BCUT2D eigenvalue weighted by Crippen LogP contribution is 2.23. The van der Waals surface area contributed by atoms with Crippen molar-refractivity contribution < 1.29 is 9.32 Å². The molecule has 3 aromatic heterocycles. The standard InChI is InChI=1S/C18H20N4O2S/c23-17(19-13-6-2-1-3-7-13)14-8-4-10-22(14)12-16-20-18(24-21-16)15-9-5-11-25-15/h4-5,8-11,13H,1-3,6-7,12H2,(H,19,23). The Balaban J connectivity index is 1.45. The van der Waals surface area contributed by atoms with E-state index in [1.807, 2.05) is 40.4 Å². The fraction of sp³-hybridized carbons (Fsp3) is 0.389. The van der Waals surface area contributed by atoms with E-state index in [2.05, 4.69) is 15.5 Å². The molecule has 1 aliphatic rings. The van der Waals surface area contributed by atoms with Crippen molar-refractivity contribution in [1.29, 1.82) is 0 Å². The number of nitrogens with one attached hydrogen (secondary N) is 1. The summed E-state index contributed by atoms with van der Waals surface area (Å²) in [7, 11) is 0. The van der Waals surface area contributed by atoms with Crippen molar-refractivity contribution in [2.45, 2.75) is 44.7 Å². The minimum atomic E-state index is -0.0288. The van der Waals surface area contributed by atoms with Crippen LogP contribution in [-0.2, 0) is 6.54 Å². The van der Waals surface area contributed by atoms with E-state index in [0.717, 1.165) is 17.7 Å². The van der Waals surface area contributed by atoms with Crippen molar-refractivity contribution in [3.63, 3.8) is 0 Å². The van der Waals surface area contributed by atoms with Crippen LogP contribution in [0.5, 0.6) is 0 Å². The minimum Gasteiger partial charge on any atom is -0.348 e. The van der Waals surface area contributed by atoms with Crippen LogP contribution in [0.25, 0.3) is 10.8 Å².